The number of fused-ring (bicyclic) bond motifs is 1. The molecule has 4 unspecified atom stereocenters. The highest BCUT2D eigenvalue weighted by atomic mass is 32.2. The van der Waals surface area contributed by atoms with Gasteiger partial charge in [-0.15, -0.1) is 0 Å². The lowest BCUT2D eigenvalue weighted by Gasteiger charge is -2.35. The van der Waals surface area contributed by atoms with Gasteiger partial charge in [0.1, 0.15) is 0 Å². The Morgan fingerprint density at radius 1 is 1.10 bits per heavy atom. The predicted molar refractivity (Wildman–Crippen MR) is 87.4 cm³/mol. The average Bonchev–Trinajstić information content (AvgIpc) is 2.71. The van der Waals surface area contributed by atoms with Crippen molar-refractivity contribution in [2.75, 3.05) is 13.2 Å². The molecule has 3 heteroatoms. The van der Waals surface area contributed by atoms with Crippen molar-refractivity contribution in [3.8, 4) is 0 Å². The lowest BCUT2D eigenvalue weighted by molar-refractivity contribution is -0.0450. The van der Waals surface area contributed by atoms with Crippen LogP contribution in [-0.2, 0) is 9.47 Å². The van der Waals surface area contributed by atoms with E-state index in [1.165, 1.54) is 6.42 Å². The van der Waals surface area contributed by atoms with Gasteiger partial charge >= 0.3 is 0 Å². The molecule has 0 N–H and O–H groups in total. The first-order valence-electron chi connectivity index (χ1n) is 8.32. The lowest BCUT2D eigenvalue weighted by Crippen LogP contribution is -2.35. The number of hydrogen-bond donors (Lipinski definition) is 0. The predicted octanol–water partition coefficient (Wildman–Crippen LogP) is 4.52. The van der Waals surface area contributed by atoms with E-state index in [1.54, 1.807) is 0 Å². The summed E-state index contributed by atoms with van der Waals surface area (Å²) in [7, 11) is 0. The molecule has 0 radical (unpaired) electrons. The van der Waals surface area contributed by atoms with Gasteiger partial charge in [0.25, 0.3) is 0 Å². The van der Waals surface area contributed by atoms with Gasteiger partial charge in [-0.2, -0.15) is 11.8 Å². The van der Waals surface area contributed by atoms with Crippen LogP contribution in [-0.4, -0.2) is 35.9 Å². The van der Waals surface area contributed by atoms with Crippen molar-refractivity contribution in [2.24, 2.45) is 11.3 Å². The average molecular weight is 301 g/mol. The van der Waals surface area contributed by atoms with Crippen LogP contribution < -0.4 is 0 Å². The van der Waals surface area contributed by atoms with Crippen LogP contribution in [0.3, 0.4) is 0 Å². The second-order valence-corrected chi connectivity index (χ2v) is 8.84. The minimum absolute atomic E-state index is 0.310. The quantitative estimate of drug-likeness (QED) is 0.763. The zero-order chi connectivity index (χ0) is 14.8. The molecule has 0 aromatic carbocycles. The topological polar surface area (TPSA) is 18.5 Å². The first kappa shape index (κ1) is 16.6. The van der Waals surface area contributed by atoms with Gasteiger partial charge in [-0.25, -0.2) is 0 Å². The van der Waals surface area contributed by atoms with Gasteiger partial charge < -0.3 is 9.47 Å². The fourth-order valence-electron chi connectivity index (χ4n) is 3.10. The first-order chi connectivity index (χ1) is 9.44. The van der Waals surface area contributed by atoms with Gasteiger partial charge in [0, 0.05) is 23.7 Å². The van der Waals surface area contributed by atoms with Crippen LogP contribution in [0.1, 0.15) is 60.3 Å². The van der Waals surface area contributed by atoms with Crippen molar-refractivity contribution in [3.05, 3.63) is 0 Å². The fraction of sp³-hybridized carbons (Fsp3) is 1.00. The van der Waals surface area contributed by atoms with Crippen molar-refractivity contribution in [2.45, 2.75) is 83.0 Å². The Bertz CT molecular complexity index is 303. The molecule has 0 aromatic rings. The minimum atomic E-state index is 0.310. The van der Waals surface area contributed by atoms with Crippen LogP contribution in [0.5, 0.6) is 0 Å². The Morgan fingerprint density at radius 3 is 2.25 bits per heavy atom. The standard InChI is InChI=1S/C17H32O2S/c1-6-17(4,5)16-11-14-13(18-8-7-9-19-14)10-15(20-16)12(2)3/h12-16H,6-11H2,1-5H3. The van der Waals surface area contributed by atoms with Crippen molar-refractivity contribution >= 4 is 11.8 Å². The molecule has 2 nitrogen and oxygen atoms in total. The Labute approximate surface area is 129 Å². The molecule has 20 heavy (non-hydrogen) atoms. The van der Waals surface area contributed by atoms with E-state index < -0.39 is 0 Å². The SMILES string of the molecule is CCC(C)(C)C1CC2OCCCOC2CC(C(C)C)S1. The molecule has 2 saturated heterocycles. The summed E-state index contributed by atoms with van der Waals surface area (Å²) in [5.74, 6) is 0.709. The maximum atomic E-state index is 6.15. The molecule has 2 heterocycles. The highest BCUT2D eigenvalue weighted by molar-refractivity contribution is 8.00. The monoisotopic (exact) mass is 300 g/mol. The van der Waals surface area contributed by atoms with Crippen LogP contribution in [0.15, 0.2) is 0 Å². The Balaban J connectivity index is 2.18. The largest absolute Gasteiger partial charge is 0.375 e. The number of ether oxygens (including phenoxy) is 2. The lowest BCUT2D eigenvalue weighted by atomic mass is 9.83. The van der Waals surface area contributed by atoms with Crippen LogP contribution in [0, 0.1) is 11.3 Å². The fourth-order valence-corrected chi connectivity index (χ4v) is 4.98. The van der Waals surface area contributed by atoms with E-state index in [9.17, 15) is 0 Å². The van der Waals surface area contributed by atoms with E-state index >= 15 is 0 Å². The summed E-state index contributed by atoms with van der Waals surface area (Å²) in [5, 5.41) is 1.37. The van der Waals surface area contributed by atoms with Gasteiger partial charge in [0.05, 0.1) is 12.2 Å². The van der Waals surface area contributed by atoms with Crippen LogP contribution in [0.25, 0.3) is 0 Å². The molecule has 0 spiro atoms. The summed E-state index contributed by atoms with van der Waals surface area (Å²) in [6.45, 7) is 13.6. The van der Waals surface area contributed by atoms with Crippen molar-refractivity contribution in [3.63, 3.8) is 0 Å². The molecule has 2 rings (SSSR count). The van der Waals surface area contributed by atoms with Crippen molar-refractivity contribution in [1.29, 1.82) is 0 Å². The molecule has 0 saturated carbocycles. The number of hydrogen-bond acceptors (Lipinski definition) is 3. The Kier molecular flexibility index (Phi) is 5.84. The number of rotatable bonds is 3. The summed E-state index contributed by atoms with van der Waals surface area (Å²) in [4.78, 5) is 0. The molecule has 2 aliphatic rings. The molecule has 0 aliphatic carbocycles. The van der Waals surface area contributed by atoms with E-state index in [0.29, 0.717) is 34.0 Å². The van der Waals surface area contributed by atoms with E-state index in [0.717, 1.165) is 32.5 Å². The summed E-state index contributed by atoms with van der Waals surface area (Å²) in [6.07, 6.45) is 5.21. The molecule has 0 aromatic heterocycles. The van der Waals surface area contributed by atoms with Gasteiger partial charge in [0.15, 0.2) is 0 Å². The highest BCUT2D eigenvalue weighted by Crippen LogP contribution is 2.45. The first-order valence-corrected chi connectivity index (χ1v) is 9.27. The summed E-state index contributed by atoms with van der Waals surface area (Å²) < 4.78 is 12.3. The molecule has 4 atom stereocenters. The van der Waals surface area contributed by atoms with Gasteiger partial charge in [0.2, 0.25) is 0 Å². The minimum Gasteiger partial charge on any atom is -0.375 e. The normalized spacial score (nSPS) is 36.3. The molecule has 0 bridgehead atoms. The van der Waals surface area contributed by atoms with Crippen LogP contribution >= 0.6 is 11.8 Å². The van der Waals surface area contributed by atoms with E-state index in [4.69, 9.17) is 9.47 Å². The Morgan fingerprint density at radius 2 is 1.70 bits per heavy atom. The molecule has 2 fully saturated rings. The van der Waals surface area contributed by atoms with E-state index in [2.05, 4.69) is 46.4 Å². The summed E-state index contributed by atoms with van der Waals surface area (Å²) >= 11 is 2.20. The van der Waals surface area contributed by atoms with E-state index in [1.807, 2.05) is 0 Å². The van der Waals surface area contributed by atoms with Gasteiger partial charge in [-0.3, -0.25) is 0 Å². The van der Waals surface area contributed by atoms with E-state index in [-0.39, 0.29) is 0 Å². The molecule has 0 amide bonds. The Hall–Kier alpha value is 0.270. The smallest absolute Gasteiger partial charge is 0.0847 e. The maximum Gasteiger partial charge on any atom is 0.0847 e. The van der Waals surface area contributed by atoms with Gasteiger partial charge in [-0.05, 0) is 37.0 Å². The second kappa shape index (κ2) is 7.02. The molecule has 118 valence electrons. The summed E-state index contributed by atoms with van der Waals surface area (Å²) in [5.41, 5.74) is 0.377. The third-order valence-electron chi connectivity index (χ3n) is 5.14. The third-order valence-corrected chi connectivity index (χ3v) is 7.39. The van der Waals surface area contributed by atoms with Crippen molar-refractivity contribution < 1.29 is 9.47 Å². The van der Waals surface area contributed by atoms with Gasteiger partial charge in [-0.1, -0.05) is 34.6 Å². The van der Waals surface area contributed by atoms with Crippen LogP contribution in [0.4, 0.5) is 0 Å². The maximum absolute atomic E-state index is 6.15. The van der Waals surface area contributed by atoms with Crippen molar-refractivity contribution in [1.82, 2.24) is 0 Å². The molecule has 2 aliphatic heterocycles. The zero-order valence-electron chi connectivity index (χ0n) is 13.9. The zero-order valence-corrected chi connectivity index (χ0v) is 14.7. The molecular formula is C17H32O2S. The molecular weight excluding hydrogens is 268 g/mol. The number of thioether (sulfide) groups is 1. The summed E-state index contributed by atoms with van der Waals surface area (Å²) in [6, 6.07) is 0. The van der Waals surface area contributed by atoms with Crippen LogP contribution in [0.2, 0.25) is 0 Å². The third kappa shape index (κ3) is 3.92. The highest BCUT2D eigenvalue weighted by Gasteiger charge is 2.41. The second-order valence-electron chi connectivity index (χ2n) is 7.39.